The van der Waals surface area contributed by atoms with Crippen LogP contribution in [-0.2, 0) is 6.42 Å². The van der Waals surface area contributed by atoms with Crippen LogP contribution in [0.4, 0.5) is 0 Å². The molecule has 0 amide bonds. The number of halogens is 3. The van der Waals surface area contributed by atoms with Gasteiger partial charge < -0.3 is 10.1 Å². The first-order valence-electron chi connectivity index (χ1n) is 6.67. The molecule has 0 radical (unpaired) electrons. The van der Waals surface area contributed by atoms with Crippen LogP contribution in [0.15, 0.2) is 30.3 Å². The minimum atomic E-state index is -0.0506. The van der Waals surface area contributed by atoms with E-state index >= 15 is 0 Å². The largest absolute Gasteiger partial charge is 0.493 e. The summed E-state index contributed by atoms with van der Waals surface area (Å²) in [5.74, 6) is 0.921. The van der Waals surface area contributed by atoms with Gasteiger partial charge in [-0.2, -0.15) is 0 Å². The number of benzene rings is 2. The molecule has 1 heterocycles. The molecule has 0 saturated carbocycles. The molecule has 1 unspecified atom stereocenters. The molecule has 2 aromatic rings. The Hall–Kier alpha value is -0.930. The number of ether oxygens (including phenoxy) is 1. The summed E-state index contributed by atoms with van der Waals surface area (Å²) >= 11 is 18.4. The van der Waals surface area contributed by atoms with Crippen molar-refractivity contribution in [2.75, 3.05) is 13.7 Å². The number of rotatable bonds is 3. The zero-order valence-corrected chi connectivity index (χ0v) is 13.7. The van der Waals surface area contributed by atoms with Crippen molar-refractivity contribution >= 4 is 34.8 Å². The standard InChI is InChI=1S/C16H14Cl3NO/c1-20-15(9-2-3-13(18)14(19)7-9)12-8-11(17)6-10-4-5-21-16(10)12/h2-3,6-8,15,20H,4-5H2,1H3. The zero-order chi connectivity index (χ0) is 15.0. The summed E-state index contributed by atoms with van der Waals surface area (Å²) in [6, 6.07) is 9.48. The number of nitrogens with one attached hydrogen (secondary N) is 1. The van der Waals surface area contributed by atoms with Crippen molar-refractivity contribution in [3.63, 3.8) is 0 Å². The van der Waals surface area contributed by atoms with E-state index < -0.39 is 0 Å². The van der Waals surface area contributed by atoms with E-state index in [4.69, 9.17) is 39.5 Å². The second-order valence-electron chi connectivity index (χ2n) is 4.98. The van der Waals surface area contributed by atoms with Crippen molar-refractivity contribution in [3.05, 3.63) is 62.1 Å². The third kappa shape index (κ3) is 2.86. The van der Waals surface area contributed by atoms with E-state index in [1.165, 1.54) is 0 Å². The van der Waals surface area contributed by atoms with Crippen molar-refractivity contribution in [1.82, 2.24) is 5.32 Å². The molecule has 21 heavy (non-hydrogen) atoms. The molecule has 110 valence electrons. The fourth-order valence-electron chi connectivity index (χ4n) is 2.71. The van der Waals surface area contributed by atoms with Crippen molar-refractivity contribution in [2.45, 2.75) is 12.5 Å². The molecule has 0 aliphatic carbocycles. The van der Waals surface area contributed by atoms with Gasteiger partial charge in [-0.05, 0) is 42.4 Å². The van der Waals surface area contributed by atoms with Gasteiger partial charge in [0.15, 0.2) is 0 Å². The lowest BCUT2D eigenvalue weighted by Gasteiger charge is -2.20. The summed E-state index contributed by atoms with van der Waals surface area (Å²) in [7, 11) is 1.90. The van der Waals surface area contributed by atoms with Crippen molar-refractivity contribution in [1.29, 1.82) is 0 Å². The first-order chi connectivity index (χ1) is 10.1. The molecule has 1 aliphatic rings. The predicted octanol–water partition coefficient (Wildman–Crippen LogP) is 4.89. The molecule has 0 aromatic heterocycles. The summed E-state index contributed by atoms with van der Waals surface area (Å²) < 4.78 is 5.79. The van der Waals surface area contributed by atoms with E-state index in [1.54, 1.807) is 6.07 Å². The summed E-state index contributed by atoms with van der Waals surface area (Å²) in [5, 5.41) is 5.10. The highest BCUT2D eigenvalue weighted by atomic mass is 35.5. The van der Waals surface area contributed by atoms with Crippen LogP contribution in [0.1, 0.15) is 22.7 Å². The van der Waals surface area contributed by atoms with Gasteiger partial charge in [0.1, 0.15) is 5.75 Å². The Morgan fingerprint density at radius 2 is 1.90 bits per heavy atom. The van der Waals surface area contributed by atoms with Crippen LogP contribution in [0.2, 0.25) is 15.1 Å². The predicted molar refractivity (Wildman–Crippen MR) is 88.0 cm³/mol. The highest BCUT2D eigenvalue weighted by molar-refractivity contribution is 6.42. The van der Waals surface area contributed by atoms with Crippen molar-refractivity contribution in [2.24, 2.45) is 0 Å². The Morgan fingerprint density at radius 1 is 1.10 bits per heavy atom. The molecule has 0 spiro atoms. The molecular formula is C16H14Cl3NO. The normalized spacial score (nSPS) is 14.7. The molecule has 5 heteroatoms. The van der Waals surface area contributed by atoms with E-state index in [0.29, 0.717) is 16.7 Å². The maximum absolute atomic E-state index is 6.24. The highest BCUT2D eigenvalue weighted by Gasteiger charge is 2.24. The van der Waals surface area contributed by atoms with Crippen molar-refractivity contribution < 1.29 is 4.74 Å². The fraction of sp³-hybridized carbons (Fsp3) is 0.250. The van der Waals surface area contributed by atoms with Gasteiger partial charge in [-0.15, -0.1) is 0 Å². The highest BCUT2D eigenvalue weighted by Crippen LogP contribution is 2.39. The van der Waals surface area contributed by atoms with Crippen LogP contribution in [-0.4, -0.2) is 13.7 Å². The zero-order valence-electron chi connectivity index (χ0n) is 11.4. The van der Waals surface area contributed by atoms with Gasteiger partial charge in [-0.3, -0.25) is 0 Å². The SMILES string of the molecule is CNC(c1ccc(Cl)c(Cl)c1)c1cc(Cl)cc2c1OCC2. The Kier molecular flexibility index (Phi) is 4.32. The van der Waals surface area contributed by atoms with Crippen LogP contribution in [0, 0.1) is 0 Å². The van der Waals surface area contributed by atoms with E-state index in [2.05, 4.69) is 5.32 Å². The van der Waals surface area contributed by atoms with Gasteiger partial charge in [0.2, 0.25) is 0 Å². The van der Waals surface area contributed by atoms with Gasteiger partial charge in [0.05, 0.1) is 22.7 Å². The van der Waals surface area contributed by atoms with Gasteiger partial charge in [0.25, 0.3) is 0 Å². The fourth-order valence-corrected chi connectivity index (χ4v) is 3.26. The average molecular weight is 343 g/mol. The summed E-state index contributed by atoms with van der Waals surface area (Å²) in [4.78, 5) is 0. The van der Waals surface area contributed by atoms with Crippen molar-refractivity contribution in [3.8, 4) is 5.75 Å². The lowest BCUT2D eigenvalue weighted by molar-refractivity contribution is 0.351. The van der Waals surface area contributed by atoms with Crippen LogP contribution >= 0.6 is 34.8 Å². The Bertz CT molecular complexity index is 687. The number of hydrogen-bond acceptors (Lipinski definition) is 2. The summed E-state index contributed by atoms with van der Waals surface area (Å²) in [6.07, 6.45) is 0.890. The van der Waals surface area contributed by atoms with Crippen LogP contribution in [0.25, 0.3) is 0 Å². The first-order valence-corrected chi connectivity index (χ1v) is 7.81. The third-order valence-electron chi connectivity index (χ3n) is 3.65. The smallest absolute Gasteiger partial charge is 0.127 e. The monoisotopic (exact) mass is 341 g/mol. The average Bonchev–Trinajstić information content (AvgIpc) is 2.91. The Morgan fingerprint density at radius 3 is 2.62 bits per heavy atom. The molecule has 2 nitrogen and oxygen atoms in total. The number of hydrogen-bond donors (Lipinski definition) is 1. The van der Waals surface area contributed by atoms with Crippen LogP contribution in [0.3, 0.4) is 0 Å². The molecule has 3 rings (SSSR count). The Labute approximate surface area is 139 Å². The third-order valence-corrected chi connectivity index (χ3v) is 4.61. The molecular weight excluding hydrogens is 329 g/mol. The van der Waals surface area contributed by atoms with Gasteiger partial charge in [-0.1, -0.05) is 40.9 Å². The molecule has 1 aliphatic heterocycles. The quantitative estimate of drug-likeness (QED) is 0.857. The first kappa shape index (κ1) is 15.0. The maximum Gasteiger partial charge on any atom is 0.127 e. The Balaban J connectivity index is 2.10. The second kappa shape index (κ2) is 6.05. The maximum atomic E-state index is 6.24. The van der Waals surface area contributed by atoms with E-state index in [0.717, 1.165) is 33.9 Å². The van der Waals surface area contributed by atoms with E-state index in [-0.39, 0.29) is 6.04 Å². The lowest BCUT2D eigenvalue weighted by Crippen LogP contribution is -2.18. The summed E-state index contributed by atoms with van der Waals surface area (Å²) in [5.41, 5.74) is 3.19. The van der Waals surface area contributed by atoms with E-state index in [1.807, 2.05) is 31.3 Å². The van der Waals surface area contributed by atoms with Gasteiger partial charge in [0, 0.05) is 17.0 Å². The molecule has 1 atom stereocenters. The minimum absolute atomic E-state index is 0.0506. The van der Waals surface area contributed by atoms with Gasteiger partial charge in [-0.25, -0.2) is 0 Å². The van der Waals surface area contributed by atoms with Crippen LogP contribution < -0.4 is 10.1 Å². The van der Waals surface area contributed by atoms with Gasteiger partial charge >= 0.3 is 0 Å². The molecule has 0 saturated heterocycles. The number of fused-ring (bicyclic) bond motifs is 1. The molecule has 1 N–H and O–H groups in total. The van der Waals surface area contributed by atoms with Crippen LogP contribution in [0.5, 0.6) is 5.75 Å². The minimum Gasteiger partial charge on any atom is -0.493 e. The molecule has 0 fully saturated rings. The second-order valence-corrected chi connectivity index (χ2v) is 6.23. The topological polar surface area (TPSA) is 21.3 Å². The lowest BCUT2D eigenvalue weighted by atomic mass is 9.96. The molecule has 2 aromatic carbocycles. The summed E-state index contributed by atoms with van der Waals surface area (Å²) in [6.45, 7) is 0.695. The van der Waals surface area contributed by atoms with E-state index in [9.17, 15) is 0 Å². The molecule has 0 bridgehead atoms.